The van der Waals surface area contributed by atoms with E-state index in [1.54, 1.807) is 0 Å². The van der Waals surface area contributed by atoms with Crippen LogP contribution >= 0.6 is 0 Å². The van der Waals surface area contributed by atoms with E-state index in [9.17, 15) is 0 Å². The van der Waals surface area contributed by atoms with Gasteiger partial charge in [-0.15, -0.1) is 0 Å². The molecule has 0 saturated carbocycles. The number of hydrogen-bond donors (Lipinski definition) is 0. The third kappa shape index (κ3) is 6.11. The molecule has 0 spiro atoms. The van der Waals surface area contributed by atoms with Crippen molar-refractivity contribution >= 4 is 11.4 Å². The van der Waals surface area contributed by atoms with Crippen LogP contribution in [0.3, 0.4) is 0 Å². The van der Waals surface area contributed by atoms with Crippen molar-refractivity contribution in [3.8, 4) is 0 Å². The molecule has 0 heterocycles. The van der Waals surface area contributed by atoms with Gasteiger partial charge in [0.15, 0.2) is 0 Å². The predicted octanol–water partition coefficient (Wildman–Crippen LogP) is 5.56. The quantitative estimate of drug-likeness (QED) is 0.446. The van der Waals surface area contributed by atoms with Crippen LogP contribution in [0.1, 0.15) is 43.7 Å². The Hall–Kier alpha value is -2.11. The molecule has 114 valence electrons. The number of nitrogens with zero attached hydrogens (tertiary/aromatic N) is 1. The molecular formula is C21H25N. The maximum Gasteiger partial charge on any atom is 0.0484 e. The van der Waals surface area contributed by atoms with Crippen molar-refractivity contribution in [3.63, 3.8) is 0 Å². The standard InChI is InChI=1S/C21H25N/c1-19(21-15-9-5-10-16-21)18-22-17-11-3-2-6-12-20-13-7-4-8-14-20/h4-5,7-10,13-16H,2-3,6,11-12,17H2,1H3. The van der Waals surface area contributed by atoms with Crippen molar-refractivity contribution in [2.45, 2.75) is 39.0 Å². The summed E-state index contributed by atoms with van der Waals surface area (Å²) in [5.41, 5.74) is 3.76. The van der Waals surface area contributed by atoms with E-state index in [4.69, 9.17) is 0 Å². The fourth-order valence-electron chi connectivity index (χ4n) is 2.45. The van der Waals surface area contributed by atoms with Crippen LogP contribution in [-0.4, -0.2) is 12.4 Å². The lowest BCUT2D eigenvalue weighted by Crippen LogP contribution is -1.87. The van der Waals surface area contributed by atoms with Crippen LogP contribution in [0.2, 0.25) is 0 Å². The Labute approximate surface area is 134 Å². The zero-order valence-electron chi connectivity index (χ0n) is 13.5. The Morgan fingerprint density at radius 2 is 1.45 bits per heavy atom. The fourth-order valence-corrected chi connectivity index (χ4v) is 2.45. The molecule has 0 amide bonds. The number of aliphatic imine (C=N–C) groups is 1. The van der Waals surface area contributed by atoms with Crippen LogP contribution < -0.4 is 0 Å². The largest absolute Gasteiger partial charge is 0.243 e. The summed E-state index contributed by atoms with van der Waals surface area (Å²) in [5.74, 6) is 3.16. The van der Waals surface area contributed by atoms with Crippen molar-refractivity contribution in [2.24, 2.45) is 4.99 Å². The highest BCUT2D eigenvalue weighted by molar-refractivity contribution is 5.88. The lowest BCUT2D eigenvalue weighted by Gasteiger charge is -2.00. The van der Waals surface area contributed by atoms with Crippen LogP contribution in [0.5, 0.6) is 0 Å². The van der Waals surface area contributed by atoms with Crippen molar-refractivity contribution in [3.05, 3.63) is 71.8 Å². The molecule has 0 radical (unpaired) electrons. The molecule has 0 bridgehead atoms. The third-order valence-electron chi connectivity index (χ3n) is 3.78. The van der Waals surface area contributed by atoms with Gasteiger partial charge in [0.1, 0.15) is 0 Å². The number of benzene rings is 2. The molecule has 0 atom stereocenters. The van der Waals surface area contributed by atoms with Crippen molar-refractivity contribution < 1.29 is 0 Å². The highest BCUT2D eigenvalue weighted by Crippen LogP contribution is 2.09. The van der Waals surface area contributed by atoms with Crippen LogP contribution in [0.4, 0.5) is 0 Å². The predicted molar refractivity (Wildman–Crippen MR) is 96.4 cm³/mol. The van der Waals surface area contributed by atoms with Gasteiger partial charge in [-0.25, -0.2) is 4.99 Å². The van der Waals surface area contributed by atoms with E-state index in [0.29, 0.717) is 0 Å². The minimum atomic E-state index is 0.884. The summed E-state index contributed by atoms with van der Waals surface area (Å²) >= 11 is 0. The van der Waals surface area contributed by atoms with Crippen LogP contribution in [0.15, 0.2) is 65.7 Å². The van der Waals surface area contributed by atoms with Crippen LogP contribution in [-0.2, 0) is 6.42 Å². The lowest BCUT2D eigenvalue weighted by atomic mass is 10.1. The second kappa shape index (κ2) is 9.76. The van der Waals surface area contributed by atoms with E-state index < -0.39 is 0 Å². The van der Waals surface area contributed by atoms with Crippen molar-refractivity contribution in [2.75, 3.05) is 6.54 Å². The minimum absolute atomic E-state index is 0.884. The lowest BCUT2D eigenvalue weighted by molar-refractivity contribution is 0.648. The first kappa shape index (κ1) is 16.3. The van der Waals surface area contributed by atoms with Gasteiger partial charge in [0, 0.05) is 12.1 Å². The average Bonchev–Trinajstić information content (AvgIpc) is 2.59. The van der Waals surface area contributed by atoms with E-state index in [1.807, 2.05) is 18.2 Å². The zero-order chi connectivity index (χ0) is 15.5. The van der Waals surface area contributed by atoms with Gasteiger partial charge in [-0.05, 0) is 43.2 Å². The molecule has 2 rings (SSSR count). The normalized spacial score (nSPS) is 10.0. The molecular weight excluding hydrogens is 266 g/mol. The number of aryl methyl sites for hydroxylation is 1. The molecule has 0 aliphatic rings. The van der Waals surface area contributed by atoms with Gasteiger partial charge >= 0.3 is 0 Å². The first-order chi connectivity index (χ1) is 10.9. The molecule has 2 aromatic carbocycles. The van der Waals surface area contributed by atoms with E-state index in [1.165, 1.54) is 36.8 Å². The minimum Gasteiger partial charge on any atom is -0.243 e. The summed E-state index contributed by atoms with van der Waals surface area (Å²) in [7, 11) is 0. The van der Waals surface area contributed by atoms with Gasteiger partial charge in [0.25, 0.3) is 0 Å². The van der Waals surface area contributed by atoms with Gasteiger partial charge in [-0.2, -0.15) is 0 Å². The highest BCUT2D eigenvalue weighted by atomic mass is 14.7. The summed E-state index contributed by atoms with van der Waals surface area (Å²) in [6.07, 6.45) is 6.15. The van der Waals surface area contributed by atoms with E-state index in [2.05, 4.69) is 60.3 Å². The average molecular weight is 291 g/mol. The number of rotatable bonds is 8. The molecule has 1 nitrogen and oxygen atoms in total. The molecule has 0 aromatic heterocycles. The summed E-state index contributed by atoms with van der Waals surface area (Å²) in [5, 5.41) is 0. The Kier molecular flexibility index (Phi) is 7.21. The Balaban J connectivity index is 1.60. The molecule has 0 N–H and O–H groups in total. The van der Waals surface area contributed by atoms with Gasteiger partial charge in [0.2, 0.25) is 0 Å². The molecule has 0 aliphatic heterocycles. The Morgan fingerprint density at radius 3 is 2.18 bits per heavy atom. The molecule has 0 saturated heterocycles. The van der Waals surface area contributed by atoms with Crippen LogP contribution in [0, 0.1) is 0 Å². The van der Waals surface area contributed by atoms with E-state index >= 15 is 0 Å². The van der Waals surface area contributed by atoms with Gasteiger partial charge < -0.3 is 0 Å². The van der Waals surface area contributed by atoms with Crippen LogP contribution in [0.25, 0.3) is 5.57 Å². The summed E-state index contributed by atoms with van der Waals surface area (Å²) in [6.45, 7) is 2.95. The molecule has 1 heteroatoms. The highest BCUT2D eigenvalue weighted by Gasteiger charge is 1.93. The first-order valence-corrected chi connectivity index (χ1v) is 8.21. The molecule has 2 aromatic rings. The second-order valence-corrected chi connectivity index (χ2v) is 5.63. The van der Waals surface area contributed by atoms with Gasteiger partial charge in [0.05, 0.1) is 0 Å². The van der Waals surface area contributed by atoms with Gasteiger partial charge in [-0.3, -0.25) is 0 Å². The van der Waals surface area contributed by atoms with Gasteiger partial charge in [-0.1, -0.05) is 73.5 Å². The molecule has 0 fully saturated rings. The number of allylic oxidation sites excluding steroid dienone is 1. The van der Waals surface area contributed by atoms with E-state index in [-0.39, 0.29) is 0 Å². The molecule has 22 heavy (non-hydrogen) atoms. The monoisotopic (exact) mass is 291 g/mol. The topological polar surface area (TPSA) is 12.4 Å². The van der Waals surface area contributed by atoms with Crippen molar-refractivity contribution in [1.82, 2.24) is 0 Å². The summed E-state index contributed by atoms with van der Waals surface area (Å²) < 4.78 is 0. The second-order valence-electron chi connectivity index (χ2n) is 5.63. The SMILES string of the molecule is CC(=C=NCCCCCCc1ccccc1)c1ccccc1. The maximum absolute atomic E-state index is 4.42. The maximum atomic E-state index is 4.42. The molecule has 0 unspecified atom stereocenters. The Bertz CT molecular complexity index is 592. The fraction of sp³-hybridized carbons (Fsp3) is 0.333. The molecule has 0 aliphatic carbocycles. The van der Waals surface area contributed by atoms with E-state index in [0.717, 1.165) is 18.5 Å². The Morgan fingerprint density at radius 1 is 0.818 bits per heavy atom. The van der Waals surface area contributed by atoms with Crippen molar-refractivity contribution in [1.29, 1.82) is 0 Å². The number of unbranched alkanes of at least 4 members (excludes halogenated alkanes) is 3. The number of hydrogen-bond acceptors (Lipinski definition) is 1. The third-order valence-corrected chi connectivity index (χ3v) is 3.78. The summed E-state index contributed by atoms with van der Waals surface area (Å²) in [4.78, 5) is 4.42. The smallest absolute Gasteiger partial charge is 0.0484 e. The summed E-state index contributed by atoms with van der Waals surface area (Å²) in [6, 6.07) is 21.1. The zero-order valence-corrected chi connectivity index (χ0v) is 13.5. The first-order valence-electron chi connectivity index (χ1n) is 8.21.